The van der Waals surface area contributed by atoms with Crippen LogP contribution in [-0.4, -0.2) is 22.6 Å². The molecule has 2 aromatic carbocycles. The summed E-state index contributed by atoms with van der Waals surface area (Å²) in [6.45, 7) is 7.12. The molecule has 7 heteroatoms. The highest BCUT2D eigenvalue weighted by atomic mass is 16.5. The average molecular weight is 456 g/mol. The predicted octanol–water partition coefficient (Wildman–Crippen LogP) is 4.69. The highest BCUT2D eigenvalue weighted by molar-refractivity contribution is 6.13. The molecule has 0 aliphatic rings. The van der Waals surface area contributed by atoms with Gasteiger partial charge in [-0.3, -0.25) is 14.2 Å². The molecule has 1 N–H and O–H groups in total. The average Bonchev–Trinajstić information content (AvgIpc) is 3.13. The van der Waals surface area contributed by atoms with Crippen LogP contribution in [0.4, 0.5) is 0 Å². The number of nitrogens with zero attached hydrogens (tertiary/aromatic N) is 2. The third kappa shape index (κ3) is 3.63. The molecule has 0 amide bonds. The minimum Gasteiger partial charge on any atom is -0.497 e. The quantitative estimate of drug-likeness (QED) is 0.437. The third-order valence-electron chi connectivity index (χ3n) is 6.10. The smallest absolute Gasteiger partial charge is 0.271 e. The Morgan fingerprint density at radius 3 is 2.41 bits per heavy atom. The molecule has 0 spiro atoms. The van der Waals surface area contributed by atoms with E-state index in [9.17, 15) is 20.0 Å². The van der Waals surface area contributed by atoms with Crippen molar-refractivity contribution in [1.29, 1.82) is 5.26 Å². The molecule has 172 valence electrons. The standard InChI is InChI=1S/C27H24N2O5/c1-14-10-15(2)22-17(4)25(34-21(22)11-14)24(30)23-16(3)20(12-28)26(31)29(27(23)32)13-18-6-8-19(33-5)9-7-18/h6-11,32H,13H2,1-5H3. The molecule has 4 aromatic rings. The second-order valence-electron chi connectivity index (χ2n) is 8.39. The van der Waals surface area contributed by atoms with E-state index in [2.05, 4.69) is 0 Å². The van der Waals surface area contributed by atoms with Crippen LogP contribution in [0.2, 0.25) is 0 Å². The van der Waals surface area contributed by atoms with Crippen LogP contribution < -0.4 is 10.3 Å². The van der Waals surface area contributed by atoms with Gasteiger partial charge in [0, 0.05) is 10.9 Å². The zero-order valence-electron chi connectivity index (χ0n) is 19.6. The lowest BCUT2D eigenvalue weighted by atomic mass is 9.97. The van der Waals surface area contributed by atoms with Gasteiger partial charge in [-0.15, -0.1) is 0 Å². The lowest BCUT2D eigenvalue weighted by Crippen LogP contribution is -2.27. The zero-order chi connectivity index (χ0) is 24.7. The number of benzene rings is 2. The molecule has 2 heterocycles. The van der Waals surface area contributed by atoms with Crippen molar-refractivity contribution >= 4 is 16.8 Å². The van der Waals surface area contributed by atoms with Crippen molar-refractivity contribution < 1.29 is 19.1 Å². The Labute approximate surface area is 196 Å². The van der Waals surface area contributed by atoms with Gasteiger partial charge < -0.3 is 14.3 Å². The number of aryl methyl sites for hydroxylation is 3. The molecule has 4 rings (SSSR count). The lowest BCUT2D eigenvalue weighted by molar-refractivity contribution is 0.101. The van der Waals surface area contributed by atoms with Gasteiger partial charge in [0.05, 0.1) is 19.2 Å². The summed E-state index contributed by atoms with van der Waals surface area (Å²) in [4.78, 5) is 26.6. The van der Waals surface area contributed by atoms with Crippen LogP contribution in [0.25, 0.3) is 11.0 Å². The molecule has 0 atom stereocenters. The first-order chi connectivity index (χ1) is 16.2. The van der Waals surface area contributed by atoms with Gasteiger partial charge in [-0.1, -0.05) is 18.2 Å². The Bertz CT molecular complexity index is 1550. The second kappa shape index (κ2) is 8.56. The summed E-state index contributed by atoms with van der Waals surface area (Å²) in [7, 11) is 1.55. The van der Waals surface area contributed by atoms with E-state index in [-0.39, 0.29) is 29.0 Å². The van der Waals surface area contributed by atoms with Crippen LogP contribution >= 0.6 is 0 Å². The highest BCUT2D eigenvalue weighted by Gasteiger charge is 2.29. The maximum atomic E-state index is 13.6. The molecule has 2 aromatic heterocycles. The van der Waals surface area contributed by atoms with E-state index in [0.717, 1.165) is 21.1 Å². The van der Waals surface area contributed by atoms with Gasteiger partial charge in [0.1, 0.15) is 23.0 Å². The summed E-state index contributed by atoms with van der Waals surface area (Å²) < 4.78 is 12.1. The Morgan fingerprint density at radius 2 is 1.79 bits per heavy atom. The van der Waals surface area contributed by atoms with Crippen LogP contribution in [0.5, 0.6) is 11.6 Å². The molecule has 0 radical (unpaired) electrons. The maximum Gasteiger partial charge on any atom is 0.271 e. The summed E-state index contributed by atoms with van der Waals surface area (Å²) in [6.07, 6.45) is 0. The number of furan rings is 1. The molecular formula is C27H24N2O5. The van der Waals surface area contributed by atoms with Gasteiger partial charge in [0.15, 0.2) is 5.76 Å². The van der Waals surface area contributed by atoms with E-state index >= 15 is 0 Å². The summed E-state index contributed by atoms with van der Waals surface area (Å²) in [5, 5.41) is 21.6. The van der Waals surface area contributed by atoms with Gasteiger partial charge in [-0.2, -0.15) is 5.26 Å². The SMILES string of the molecule is COc1ccc(Cn2c(O)c(C(=O)c3oc4cc(C)cc(C)c4c3C)c(C)c(C#N)c2=O)cc1. The first-order valence-electron chi connectivity index (χ1n) is 10.7. The minimum absolute atomic E-state index is 0.0265. The fourth-order valence-corrected chi connectivity index (χ4v) is 4.40. The molecule has 0 saturated carbocycles. The van der Waals surface area contributed by atoms with Crippen molar-refractivity contribution in [2.75, 3.05) is 7.11 Å². The zero-order valence-corrected chi connectivity index (χ0v) is 19.6. The molecule has 0 unspecified atom stereocenters. The van der Waals surface area contributed by atoms with Crippen molar-refractivity contribution in [3.63, 3.8) is 0 Å². The van der Waals surface area contributed by atoms with Crippen LogP contribution in [0.3, 0.4) is 0 Å². The second-order valence-corrected chi connectivity index (χ2v) is 8.39. The predicted molar refractivity (Wildman–Crippen MR) is 128 cm³/mol. The molecule has 7 nitrogen and oxygen atoms in total. The Balaban J connectivity index is 1.90. The normalized spacial score (nSPS) is 10.9. The number of hydrogen-bond donors (Lipinski definition) is 1. The van der Waals surface area contributed by atoms with Crippen molar-refractivity contribution in [3.05, 3.63) is 91.5 Å². The van der Waals surface area contributed by atoms with Crippen LogP contribution in [0.1, 0.15) is 49.5 Å². The minimum atomic E-state index is -0.669. The van der Waals surface area contributed by atoms with Crippen molar-refractivity contribution in [3.8, 4) is 17.7 Å². The topological polar surface area (TPSA) is 105 Å². The van der Waals surface area contributed by atoms with Gasteiger partial charge in [-0.25, -0.2) is 0 Å². The molecular weight excluding hydrogens is 432 g/mol. The maximum absolute atomic E-state index is 13.6. The lowest BCUT2D eigenvalue weighted by Gasteiger charge is -2.15. The van der Waals surface area contributed by atoms with Crippen molar-refractivity contribution in [2.45, 2.75) is 34.2 Å². The number of aromatic nitrogens is 1. The van der Waals surface area contributed by atoms with E-state index in [1.54, 1.807) is 38.3 Å². The molecule has 34 heavy (non-hydrogen) atoms. The highest BCUT2D eigenvalue weighted by Crippen LogP contribution is 2.33. The van der Waals surface area contributed by atoms with E-state index in [1.165, 1.54) is 6.92 Å². The van der Waals surface area contributed by atoms with Crippen LogP contribution in [0.15, 0.2) is 45.6 Å². The fourth-order valence-electron chi connectivity index (χ4n) is 4.40. The van der Waals surface area contributed by atoms with E-state index < -0.39 is 17.2 Å². The first-order valence-corrected chi connectivity index (χ1v) is 10.7. The number of nitriles is 1. The Hall–Kier alpha value is -4.31. The molecule has 0 aliphatic heterocycles. The van der Waals surface area contributed by atoms with Gasteiger partial charge in [-0.05, 0) is 68.1 Å². The summed E-state index contributed by atoms with van der Waals surface area (Å²) in [5.41, 5.74) is 3.00. The molecule has 0 saturated heterocycles. The number of ether oxygens (including phenoxy) is 1. The number of rotatable bonds is 5. The van der Waals surface area contributed by atoms with Crippen molar-refractivity contribution in [1.82, 2.24) is 4.57 Å². The Kier molecular flexibility index (Phi) is 5.76. The number of methoxy groups -OCH3 is 1. The number of hydrogen-bond acceptors (Lipinski definition) is 6. The number of fused-ring (bicyclic) bond motifs is 1. The van der Waals surface area contributed by atoms with E-state index in [1.807, 2.05) is 32.0 Å². The summed E-state index contributed by atoms with van der Waals surface area (Å²) in [6, 6.07) is 12.7. The van der Waals surface area contributed by atoms with Gasteiger partial charge in [0.25, 0.3) is 5.56 Å². The number of carbonyl (C=O) groups is 1. The van der Waals surface area contributed by atoms with Crippen molar-refractivity contribution in [2.24, 2.45) is 0 Å². The number of pyridine rings is 1. The van der Waals surface area contributed by atoms with Crippen LogP contribution in [0, 0.1) is 39.0 Å². The van der Waals surface area contributed by atoms with Gasteiger partial charge >= 0.3 is 0 Å². The first kappa shape index (κ1) is 22.9. The number of ketones is 1. The summed E-state index contributed by atoms with van der Waals surface area (Å²) >= 11 is 0. The fraction of sp³-hybridized carbons (Fsp3) is 0.222. The molecule has 0 bridgehead atoms. The largest absolute Gasteiger partial charge is 0.497 e. The number of aromatic hydroxyl groups is 1. The monoisotopic (exact) mass is 456 g/mol. The third-order valence-corrected chi connectivity index (χ3v) is 6.10. The van der Waals surface area contributed by atoms with Crippen LogP contribution in [-0.2, 0) is 6.54 Å². The molecule has 0 aliphatic carbocycles. The van der Waals surface area contributed by atoms with Gasteiger partial charge in [0.2, 0.25) is 11.7 Å². The van der Waals surface area contributed by atoms with E-state index in [0.29, 0.717) is 22.5 Å². The van der Waals surface area contributed by atoms with E-state index in [4.69, 9.17) is 9.15 Å². The molecule has 0 fully saturated rings. The summed E-state index contributed by atoms with van der Waals surface area (Å²) in [5.74, 6) is -0.375. The Morgan fingerprint density at radius 1 is 1.12 bits per heavy atom. The number of carbonyl (C=O) groups excluding carboxylic acids is 1.